The van der Waals surface area contributed by atoms with Crippen molar-refractivity contribution in [3.63, 3.8) is 0 Å². The van der Waals surface area contributed by atoms with Crippen LogP contribution in [0.25, 0.3) is 10.9 Å². The number of rotatable bonds is 4. The lowest BCUT2D eigenvalue weighted by Gasteiger charge is -2.10. The smallest absolute Gasteiger partial charge is 0.343 e. The quantitative estimate of drug-likeness (QED) is 0.559. The van der Waals surface area contributed by atoms with Crippen LogP contribution in [0.4, 0.5) is 20.4 Å². The predicted octanol–water partition coefficient (Wildman–Crippen LogP) is 2.83. The molecule has 24 heavy (non-hydrogen) atoms. The predicted molar refractivity (Wildman–Crippen MR) is 86.1 cm³/mol. The van der Waals surface area contributed by atoms with E-state index in [1.807, 2.05) is 0 Å². The van der Waals surface area contributed by atoms with Gasteiger partial charge in [-0.15, -0.1) is 0 Å². The van der Waals surface area contributed by atoms with E-state index in [0.717, 1.165) is 0 Å². The molecule has 0 spiro atoms. The molecule has 3 heterocycles. The molecule has 1 unspecified atom stereocenters. The second-order valence-electron chi connectivity index (χ2n) is 4.87. The van der Waals surface area contributed by atoms with Crippen molar-refractivity contribution in [3.8, 4) is 0 Å². The highest BCUT2D eigenvalue weighted by Crippen LogP contribution is 2.30. The molecule has 0 radical (unpaired) electrons. The molecule has 0 fully saturated rings. The van der Waals surface area contributed by atoms with Crippen molar-refractivity contribution >= 4 is 45.3 Å². The number of aromatic nitrogens is 5. The first-order valence-corrected chi connectivity index (χ1v) is 8.54. The maximum absolute atomic E-state index is 13.1. The normalized spacial score (nSPS) is 12.8. The van der Waals surface area contributed by atoms with Crippen LogP contribution in [0, 0.1) is 0 Å². The summed E-state index contributed by atoms with van der Waals surface area (Å²) in [5.74, 6) is 0.287. The summed E-state index contributed by atoms with van der Waals surface area (Å²) in [6, 6.07) is 1.19. The summed E-state index contributed by atoms with van der Waals surface area (Å²) in [6.07, 6.45) is 1.53. The van der Waals surface area contributed by atoms with E-state index in [4.69, 9.17) is 11.6 Å². The number of nitrogens with zero attached hydrogens (tertiary/aromatic N) is 5. The molecule has 7 nitrogen and oxygen atoms in total. The largest absolute Gasteiger partial charge is 0.609 e. The van der Waals surface area contributed by atoms with Crippen molar-refractivity contribution in [2.24, 2.45) is 7.05 Å². The Morgan fingerprint density at radius 1 is 1.33 bits per heavy atom. The van der Waals surface area contributed by atoms with Gasteiger partial charge in [-0.1, -0.05) is 11.6 Å². The summed E-state index contributed by atoms with van der Waals surface area (Å²) in [6.45, 7) is 0. The fourth-order valence-electron chi connectivity index (χ4n) is 2.04. The van der Waals surface area contributed by atoms with Gasteiger partial charge < -0.3 is 9.87 Å². The molecule has 0 aromatic carbocycles. The molecule has 1 atom stereocenters. The molecule has 3 rings (SSSR count). The molecular weight excluding hydrogens is 362 g/mol. The van der Waals surface area contributed by atoms with Gasteiger partial charge in [0.15, 0.2) is 11.6 Å². The summed E-state index contributed by atoms with van der Waals surface area (Å²) in [5, 5.41) is 7.59. The number of hydrogen-bond acceptors (Lipinski definition) is 6. The third-order valence-electron chi connectivity index (χ3n) is 3.07. The molecule has 1 N–H and O–H groups in total. The van der Waals surface area contributed by atoms with E-state index in [2.05, 4.69) is 25.4 Å². The first-order chi connectivity index (χ1) is 11.3. The first-order valence-electron chi connectivity index (χ1n) is 6.60. The van der Waals surface area contributed by atoms with Crippen LogP contribution in [0.5, 0.6) is 0 Å². The maximum atomic E-state index is 13.1. The minimum absolute atomic E-state index is 0.0394. The molecule has 0 amide bonds. The van der Waals surface area contributed by atoms with E-state index >= 15 is 0 Å². The van der Waals surface area contributed by atoms with Crippen molar-refractivity contribution in [2.75, 3.05) is 11.6 Å². The van der Waals surface area contributed by atoms with Gasteiger partial charge in [0, 0.05) is 36.0 Å². The lowest BCUT2D eigenvalue weighted by Crippen LogP contribution is -2.07. The van der Waals surface area contributed by atoms with Crippen LogP contribution in [-0.4, -0.2) is 35.5 Å². The van der Waals surface area contributed by atoms with Crippen LogP contribution < -0.4 is 5.32 Å². The Balaban J connectivity index is 2.17. The Bertz CT molecular complexity index is 904. The van der Waals surface area contributed by atoms with E-state index in [-0.39, 0.29) is 22.3 Å². The summed E-state index contributed by atoms with van der Waals surface area (Å²) in [5.41, 5.74) is -0.188. The fraction of sp³-hybridized carbons (Fsp3) is 0.231. The van der Waals surface area contributed by atoms with Gasteiger partial charge in [0.2, 0.25) is 0 Å². The van der Waals surface area contributed by atoms with Gasteiger partial charge in [0.1, 0.15) is 22.5 Å². The molecule has 11 heteroatoms. The summed E-state index contributed by atoms with van der Waals surface area (Å²) >= 11 is 4.60. The zero-order chi connectivity index (χ0) is 17.4. The lowest BCUT2D eigenvalue weighted by atomic mass is 10.2. The minimum atomic E-state index is -2.77. The van der Waals surface area contributed by atoms with Crippen molar-refractivity contribution in [1.29, 1.82) is 0 Å². The maximum Gasteiger partial charge on any atom is 0.343 e. The van der Waals surface area contributed by atoms with E-state index in [1.54, 1.807) is 13.2 Å². The number of alkyl halides is 2. The Hall–Kier alpha value is -2.04. The van der Waals surface area contributed by atoms with Gasteiger partial charge >= 0.3 is 5.16 Å². The molecular formula is C13H11ClF2N6OS. The number of nitrogens with one attached hydrogen (secondary N) is 1. The topological polar surface area (TPSA) is 91.6 Å². The number of pyridine rings is 1. The standard InChI is InChI=1S/C13H11ClF2N6OS/c1-22-5-7(14)11(21-22)20-12-9-6(3-8(18-12)10(15)16)4-17-13(19-9)24(2)23/h3-5,10H,1-2H3,(H,18,20,21). The molecule has 0 aliphatic heterocycles. The number of anilines is 2. The average molecular weight is 373 g/mol. The highest BCUT2D eigenvalue weighted by molar-refractivity contribution is 7.90. The number of halogens is 3. The molecule has 0 saturated heterocycles. The van der Waals surface area contributed by atoms with E-state index in [0.29, 0.717) is 10.4 Å². The molecule has 0 aliphatic carbocycles. The Kier molecular flexibility index (Phi) is 4.52. The molecule has 3 aromatic heterocycles. The van der Waals surface area contributed by atoms with Gasteiger partial charge in [-0.25, -0.2) is 13.8 Å². The van der Waals surface area contributed by atoms with Crippen LogP contribution in [0.3, 0.4) is 0 Å². The lowest BCUT2D eigenvalue weighted by molar-refractivity contribution is 0.146. The van der Waals surface area contributed by atoms with Crippen LogP contribution in [-0.2, 0) is 18.2 Å². The second-order valence-corrected chi connectivity index (χ2v) is 6.55. The van der Waals surface area contributed by atoms with Gasteiger partial charge in [-0.2, -0.15) is 15.1 Å². The zero-order valence-corrected chi connectivity index (χ0v) is 14.1. The van der Waals surface area contributed by atoms with Crippen LogP contribution in [0.2, 0.25) is 5.02 Å². The van der Waals surface area contributed by atoms with Crippen molar-refractivity contribution in [2.45, 2.75) is 11.6 Å². The molecule has 0 aliphatic rings. The van der Waals surface area contributed by atoms with Crippen molar-refractivity contribution in [1.82, 2.24) is 24.7 Å². The fourth-order valence-corrected chi connectivity index (χ4v) is 2.69. The van der Waals surface area contributed by atoms with Crippen LogP contribution >= 0.6 is 11.6 Å². The van der Waals surface area contributed by atoms with Gasteiger partial charge in [-0.05, 0) is 6.07 Å². The van der Waals surface area contributed by atoms with E-state index in [9.17, 15) is 13.3 Å². The number of aryl methyl sites for hydroxylation is 1. The monoisotopic (exact) mass is 372 g/mol. The average Bonchev–Trinajstić information content (AvgIpc) is 2.84. The van der Waals surface area contributed by atoms with Crippen LogP contribution in [0.1, 0.15) is 12.1 Å². The zero-order valence-electron chi connectivity index (χ0n) is 12.5. The third kappa shape index (κ3) is 3.25. The van der Waals surface area contributed by atoms with Gasteiger partial charge in [-0.3, -0.25) is 4.68 Å². The number of hydrogen-bond donors (Lipinski definition) is 1. The minimum Gasteiger partial charge on any atom is -0.609 e. The van der Waals surface area contributed by atoms with Gasteiger partial charge in [0.05, 0.1) is 0 Å². The molecule has 3 aromatic rings. The molecule has 126 valence electrons. The Morgan fingerprint density at radius 2 is 2.08 bits per heavy atom. The SMILES string of the molecule is Cn1cc(Cl)c(Nc2nc(C(F)F)cc3cnc([S+](C)[O-])nc23)n1. The van der Waals surface area contributed by atoms with Gasteiger partial charge in [0.25, 0.3) is 6.43 Å². The second kappa shape index (κ2) is 6.46. The van der Waals surface area contributed by atoms with Crippen LogP contribution in [0.15, 0.2) is 23.6 Å². The third-order valence-corrected chi connectivity index (χ3v) is 4.05. The molecule has 0 saturated carbocycles. The van der Waals surface area contributed by atoms with E-state index in [1.165, 1.54) is 23.2 Å². The molecule has 0 bridgehead atoms. The summed E-state index contributed by atoms with van der Waals surface area (Å²) < 4.78 is 39.2. The highest BCUT2D eigenvalue weighted by atomic mass is 35.5. The first kappa shape index (κ1) is 16.8. The number of fused-ring (bicyclic) bond motifs is 1. The Morgan fingerprint density at radius 3 is 2.67 bits per heavy atom. The highest BCUT2D eigenvalue weighted by Gasteiger charge is 2.19. The summed E-state index contributed by atoms with van der Waals surface area (Å²) in [4.78, 5) is 12.0. The summed E-state index contributed by atoms with van der Waals surface area (Å²) in [7, 11) is 1.67. The Labute approximate surface area is 143 Å². The van der Waals surface area contributed by atoms with Crippen molar-refractivity contribution < 1.29 is 13.3 Å². The van der Waals surface area contributed by atoms with Crippen molar-refractivity contribution in [3.05, 3.63) is 29.2 Å². The van der Waals surface area contributed by atoms with E-state index < -0.39 is 23.3 Å².